The van der Waals surface area contributed by atoms with Crippen LogP contribution in [0.4, 0.5) is 0 Å². The Hall–Kier alpha value is -2.01. The molecule has 0 saturated carbocycles. The first-order valence-corrected chi connectivity index (χ1v) is 9.90. The maximum Gasteiger partial charge on any atom is 0.189 e. The van der Waals surface area contributed by atoms with Crippen LogP contribution in [-0.4, -0.2) is 27.6 Å². The molecule has 5 heteroatoms. The van der Waals surface area contributed by atoms with Crippen LogP contribution in [0.15, 0.2) is 39.4 Å². The molecule has 2 heterocycles. The lowest BCUT2D eigenvalue weighted by atomic mass is 9.91. The molecule has 4 nitrogen and oxygen atoms in total. The second-order valence-corrected chi connectivity index (χ2v) is 7.94. The third-order valence-electron chi connectivity index (χ3n) is 5.37. The fraction of sp³-hybridized carbons (Fsp3) is 0.400. The number of aliphatic imine (C=N–C) groups is 2. The zero-order chi connectivity index (χ0) is 16.6. The fourth-order valence-corrected chi connectivity index (χ4v) is 5.03. The van der Waals surface area contributed by atoms with Gasteiger partial charge in [0.05, 0.1) is 6.54 Å². The molecule has 0 N–H and O–H groups in total. The van der Waals surface area contributed by atoms with Gasteiger partial charge in [-0.05, 0) is 90.2 Å². The topological polar surface area (TPSA) is 50.5 Å². The van der Waals surface area contributed by atoms with Gasteiger partial charge in [0.1, 0.15) is 5.03 Å². The van der Waals surface area contributed by atoms with Gasteiger partial charge in [-0.15, -0.1) is 5.10 Å². The van der Waals surface area contributed by atoms with Gasteiger partial charge in [0.15, 0.2) is 5.17 Å². The number of fused-ring (bicyclic) bond motifs is 2. The molecule has 0 spiro atoms. The third kappa shape index (κ3) is 2.91. The summed E-state index contributed by atoms with van der Waals surface area (Å²) in [6, 6.07) is 6.34. The number of aromatic nitrogens is 2. The van der Waals surface area contributed by atoms with Crippen LogP contribution in [0, 0.1) is 0 Å². The first kappa shape index (κ1) is 15.3. The minimum absolute atomic E-state index is 0.723. The van der Waals surface area contributed by atoms with E-state index in [0.717, 1.165) is 23.2 Å². The van der Waals surface area contributed by atoms with Crippen molar-refractivity contribution in [3.8, 4) is 0 Å². The van der Waals surface area contributed by atoms with Crippen molar-refractivity contribution in [3.05, 3.63) is 52.2 Å². The Balaban J connectivity index is 1.40. The Morgan fingerprint density at radius 1 is 1.00 bits per heavy atom. The average Bonchev–Trinajstić information content (AvgIpc) is 3.36. The first-order chi connectivity index (χ1) is 12.4. The molecule has 0 unspecified atom stereocenters. The van der Waals surface area contributed by atoms with E-state index in [4.69, 9.17) is 4.99 Å². The van der Waals surface area contributed by atoms with Crippen LogP contribution in [-0.2, 0) is 32.1 Å². The van der Waals surface area contributed by atoms with Crippen LogP contribution in [0.3, 0.4) is 0 Å². The van der Waals surface area contributed by atoms with Crippen LogP contribution < -0.4 is 0 Å². The molecular formula is C20H20N4S. The second-order valence-electron chi connectivity index (χ2n) is 6.96. The summed E-state index contributed by atoms with van der Waals surface area (Å²) in [5.74, 6) is 0. The molecule has 2 aromatic rings. The third-order valence-corrected chi connectivity index (χ3v) is 6.20. The van der Waals surface area contributed by atoms with Gasteiger partial charge in [-0.25, -0.2) is 4.99 Å². The first-order valence-electron chi connectivity index (χ1n) is 9.08. The van der Waals surface area contributed by atoms with Gasteiger partial charge in [0.25, 0.3) is 0 Å². The molecule has 0 radical (unpaired) electrons. The van der Waals surface area contributed by atoms with Gasteiger partial charge in [-0.3, -0.25) is 4.99 Å². The van der Waals surface area contributed by atoms with E-state index in [1.54, 1.807) is 34.0 Å². The number of hydrogen-bond acceptors (Lipinski definition) is 5. The van der Waals surface area contributed by atoms with Gasteiger partial charge in [-0.2, -0.15) is 5.10 Å². The Labute approximate surface area is 151 Å². The molecule has 2 aliphatic carbocycles. The predicted octanol–water partition coefficient (Wildman–Crippen LogP) is 3.60. The summed E-state index contributed by atoms with van der Waals surface area (Å²) >= 11 is 1.51. The summed E-state index contributed by atoms with van der Waals surface area (Å²) in [6.07, 6.45) is 10.3. The number of benzene rings is 1. The van der Waals surface area contributed by atoms with Gasteiger partial charge < -0.3 is 0 Å². The van der Waals surface area contributed by atoms with Crippen LogP contribution in [0.25, 0.3) is 0 Å². The molecule has 1 aromatic carbocycles. The molecule has 126 valence electrons. The van der Waals surface area contributed by atoms with Crippen molar-refractivity contribution in [2.75, 3.05) is 6.54 Å². The van der Waals surface area contributed by atoms with Crippen LogP contribution >= 0.6 is 11.8 Å². The number of nitrogens with zero attached hydrogens (tertiary/aromatic N) is 4. The quantitative estimate of drug-likeness (QED) is 0.851. The van der Waals surface area contributed by atoms with Crippen molar-refractivity contribution in [1.29, 1.82) is 0 Å². The summed E-state index contributed by atoms with van der Waals surface area (Å²) in [5, 5.41) is 9.70. The van der Waals surface area contributed by atoms with E-state index >= 15 is 0 Å². The standard InChI is InChI=1S/C20H20N4S/c1-4-13-10-14-5-2-7-17(14)18(16(13)6-1)11-15-12-21-20(23-15)25-19-8-3-9-22-24-19/h3,8-10H,1-2,4-7,11-12H2. The lowest BCUT2D eigenvalue weighted by Crippen LogP contribution is -2.10. The molecule has 0 amide bonds. The summed E-state index contributed by atoms with van der Waals surface area (Å²) in [4.78, 5) is 9.40. The molecule has 25 heavy (non-hydrogen) atoms. The number of amidine groups is 1. The predicted molar refractivity (Wildman–Crippen MR) is 102 cm³/mol. The van der Waals surface area contributed by atoms with Crippen molar-refractivity contribution in [2.24, 2.45) is 9.98 Å². The molecule has 0 saturated heterocycles. The summed E-state index contributed by atoms with van der Waals surface area (Å²) < 4.78 is 0. The maximum absolute atomic E-state index is 4.79. The summed E-state index contributed by atoms with van der Waals surface area (Å²) in [6.45, 7) is 0.723. The molecular weight excluding hydrogens is 328 g/mol. The van der Waals surface area contributed by atoms with Crippen molar-refractivity contribution < 1.29 is 0 Å². The lowest BCUT2D eigenvalue weighted by molar-refractivity contribution is 0.890. The molecule has 0 atom stereocenters. The van der Waals surface area contributed by atoms with Crippen molar-refractivity contribution >= 4 is 22.6 Å². The molecule has 1 aromatic heterocycles. The van der Waals surface area contributed by atoms with Gasteiger partial charge in [0.2, 0.25) is 0 Å². The van der Waals surface area contributed by atoms with E-state index in [0.29, 0.717) is 0 Å². The highest BCUT2D eigenvalue weighted by molar-refractivity contribution is 8.13. The minimum atomic E-state index is 0.723. The zero-order valence-corrected chi connectivity index (χ0v) is 15.0. The Morgan fingerprint density at radius 3 is 2.52 bits per heavy atom. The van der Waals surface area contributed by atoms with E-state index in [-0.39, 0.29) is 0 Å². The van der Waals surface area contributed by atoms with Gasteiger partial charge in [-0.1, -0.05) is 6.07 Å². The monoisotopic (exact) mass is 348 g/mol. The number of thioether (sulfide) groups is 1. The Bertz CT molecular complexity index is 854. The van der Waals surface area contributed by atoms with E-state index in [9.17, 15) is 0 Å². The van der Waals surface area contributed by atoms with Gasteiger partial charge in [0, 0.05) is 18.3 Å². The SMILES string of the molecule is c1cnnc(SC2=NCC(Cc3c4c(cc5c3CCC5)CCC4)=N2)c1. The van der Waals surface area contributed by atoms with E-state index in [2.05, 4.69) is 21.3 Å². The minimum Gasteiger partial charge on any atom is -0.254 e. The zero-order valence-electron chi connectivity index (χ0n) is 14.2. The Morgan fingerprint density at radius 2 is 1.80 bits per heavy atom. The summed E-state index contributed by atoms with van der Waals surface area (Å²) in [5.41, 5.74) is 9.23. The smallest absolute Gasteiger partial charge is 0.189 e. The van der Waals surface area contributed by atoms with Gasteiger partial charge >= 0.3 is 0 Å². The highest BCUT2D eigenvalue weighted by Gasteiger charge is 2.25. The van der Waals surface area contributed by atoms with E-state index in [1.807, 2.05) is 12.1 Å². The highest BCUT2D eigenvalue weighted by Crippen LogP contribution is 2.35. The van der Waals surface area contributed by atoms with E-state index < -0.39 is 0 Å². The van der Waals surface area contributed by atoms with Crippen molar-refractivity contribution in [2.45, 2.75) is 50.0 Å². The van der Waals surface area contributed by atoms with E-state index in [1.165, 1.54) is 56.0 Å². The van der Waals surface area contributed by atoms with Crippen molar-refractivity contribution in [1.82, 2.24) is 10.2 Å². The molecule has 5 rings (SSSR count). The molecule has 1 aliphatic heterocycles. The van der Waals surface area contributed by atoms with Crippen LogP contribution in [0.2, 0.25) is 0 Å². The highest BCUT2D eigenvalue weighted by atomic mass is 32.2. The number of hydrogen-bond donors (Lipinski definition) is 0. The lowest BCUT2D eigenvalue weighted by Gasteiger charge is -2.15. The molecule has 0 fully saturated rings. The van der Waals surface area contributed by atoms with Crippen LogP contribution in [0.5, 0.6) is 0 Å². The molecule has 3 aliphatic rings. The average molecular weight is 348 g/mol. The second kappa shape index (κ2) is 6.37. The molecule has 0 bridgehead atoms. The summed E-state index contributed by atoms with van der Waals surface area (Å²) in [7, 11) is 0. The largest absolute Gasteiger partial charge is 0.254 e. The number of aryl methyl sites for hydroxylation is 2. The maximum atomic E-state index is 4.79. The van der Waals surface area contributed by atoms with Crippen LogP contribution in [0.1, 0.15) is 40.7 Å². The van der Waals surface area contributed by atoms with Crippen molar-refractivity contribution in [3.63, 3.8) is 0 Å². The normalized spacial score (nSPS) is 18.1. The number of rotatable bonds is 3. The fourth-order valence-electron chi connectivity index (χ4n) is 4.30. The Kier molecular flexibility index (Phi) is 3.89.